The van der Waals surface area contributed by atoms with Crippen LogP contribution in [0, 0.1) is 12.7 Å². The standard InChI is InChI=1S/C9H10O/c1-10-8-7-9-5-3-2-4-6-9/h3-6,8H,7H2,1H3. The van der Waals surface area contributed by atoms with Crippen molar-refractivity contribution in [3.05, 3.63) is 42.5 Å². The number of hydrogen-bond donors (Lipinski definition) is 0. The van der Waals surface area contributed by atoms with Crippen molar-refractivity contribution in [1.29, 1.82) is 0 Å². The first-order valence-electron chi connectivity index (χ1n) is 3.23. The second-order valence-corrected chi connectivity index (χ2v) is 2.01. The third-order valence-corrected chi connectivity index (χ3v) is 1.27. The van der Waals surface area contributed by atoms with Crippen molar-refractivity contribution in [1.82, 2.24) is 0 Å². The van der Waals surface area contributed by atoms with Gasteiger partial charge in [0.1, 0.15) is 0 Å². The fourth-order valence-corrected chi connectivity index (χ4v) is 0.737. The summed E-state index contributed by atoms with van der Waals surface area (Å²) < 4.78 is 4.81. The second-order valence-electron chi connectivity index (χ2n) is 2.01. The smallest absolute Gasteiger partial charge is 0.0876 e. The molecule has 0 N–H and O–H groups in total. The first-order valence-corrected chi connectivity index (χ1v) is 3.23. The van der Waals surface area contributed by atoms with E-state index in [1.54, 1.807) is 13.7 Å². The van der Waals surface area contributed by atoms with Gasteiger partial charge >= 0.3 is 0 Å². The van der Waals surface area contributed by atoms with E-state index in [4.69, 9.17) is 4.74 Å². The van der Waals surface area contributed by atoms with Crippen LogP contribution in [0.25, 0.3) is 0 Å². The highest BCUT2D eigenvalue weighted by Crippen LogP contribution is 2.00. The van der Waals surface area contributed by atoms with Crippen LogP contribution >= 0.6 is 0 Å². The molecule has 0 bridgehead atoms. The van der Waals surface area contributed by atoms with Gasteiger partial charge < -0.3 is 4.74 Å². The van der Waals surface area contributed by atoms with Gasteiger partial charge in [-0.1, -0.05) is 24.3 Å². The summed E-state index contributed by atoms with van der Waals surface area (Å²) in [6, 6.07) is 10.8. The van der Waals surface area contributed by atoms with Crippen molar-refractivity contribution < 1.29 is 4.74 Å². The van der Waals surface area contributed by atoms with Crippen LogP contribution in [0.4, 0.5) is 0 Å². The molecule has 0 aliphatic rings. The summed E-state index contributed by atoms with van der Waals surface area (Å²) in [6.45, 7) is 1.77. The number of ether oxygens (including phenoxy) is 1. The van der Waals surface area contributed by atoms with Gasteiger partial charge in [0.25, 0.3) is 0 Å². The van der Waals surface area contributed by atoms with Crippen molar-refractivity contribution in [2.45, 2.75) is 6.42 Å². The summed E-state index contributed by atoms with van der Waals surface area (Å²) in [7, 11) is 1.66. The molecule has 0 fully saturated rings. The number of rotatable bonds is 3. The Balaban J connectivity index is 2.43. The lowest BCUT2D eigenvalue weighted by atomic mass is 10.2. The maximum Gasteiger partial charge on any atom is 0.0876 e. The van der Waals surface area contributed by atoms with Gasteiger partial charge in [-0.25, -0.2) is 0 Å². The average Bonchev–Trinajstić information content (AvgIpc) is 2.03. The molecule has 0 atom stereocenters. The zero-order chi connectivity index (χ0) is 7.23. The maximum atomic E-state index is 4.81. The lowest BCUT2D eigenvalue weighted by molar-refractivity contribution is 0.271. The van der Waals surface area contributed by atoms with E-state index in [0.29, 0.717) is 0 Å². The Morgan fingerprint density at radius 2 is 2.20 bits per heavy atom. The topological polar surface area (TPSA) is 9.23 Å². The molecular formula is C9H10O. The van der Waals surface area contributed by atoms with E-state index >= 15 is 0 Å². The number of hydrogen-bond acceptors (Lipinski definition) is 1. The zero-order valence-electron chi connectivity index (χ0n) is 6.00. The predicted octanol–water partition coefficient (Wildman–Crippen LogP) is 1.84. The molecule has 0 saturated carbocycles. The van der Waals surface area contributed by atoms with Crippen molar-refractivity contribution in [3.63, 3.8) is 0 Å². The Bertz CT molecular complexity index is 169. The average molecular weight is 134 g/mol. The minimum atomic E-state index is 0.866. The number of methoxy groups -OCH3 is 1. The molecule has 1 rings (SSSR count). The molecule has 0 amide bonds. The Kier molecular flexibility index (Phi) is 2.97. The molecule has 0 aliphatic carbocycles. The molecule has 0 saturated heterocycles. The molecular weight excluding hydrogens is 124 g/mol. The van der Waals surface area contributed by atoms with Gasteiger partial charge in [0.15, 0.2) is 0 Å². The molecule has 1 heteroatoms. The summed E-state index contributed by atoms with van der Waals surface area (Å²) >= 11 is 0. The maximum absolute atomic E-state index is 4.81. The molecule has 1 nitrogen and oxygen atoms in total. The van der Waals surface area contributed by atoms with E-state index in [1.807, 2.05) is 24.3 Å². The molecule has 2 radical (unpaired) electrons. The molecule has 1 aromatic carbocycles. The first-order chi connectivity index (χ1) is 4.93. The highest BCUT2D eigenvalue weighted by atomic mass is 16.5. The molecule has 0 heterocycles. The summed E-state index contributed by atoms with van der Waals surface area (Å²) in [5.74, 6) is 0. The Hall–Kier alpha value is -0.820. The van der Waals surface area contributed by atoms with Crippen LogP contribution in [0.15, 0.2) is 24.3 Å². The molecule has 0 unspecified atom stereocenters. The molecule has 0 spiro atoms. The van der Waals surface area contributed by atoms with E-state index in [1.165, 1.54) is 5.56 Å². The van der Waals surface area contributed by atoms with Gasteiger partial charge in [0, 0.05) is 13.5 Å². The van der Waals surface area contributed by atoms with Gasteiger partial charge in [-0.15, -0.1) is 0 Å². The summed E-state index contributed by atoms with van der Waals surface area (Å²) in [5, 5.41) is 0. The molecule has 52 valence electrons. The number of benzene rings is 1. The van der Waals surface area contributed by atoms with Gasteiger partial charge in [0.2, 0.25) is 0 Å². The minimum absolute atomic E-state index is 0.866. The van der Waals surface area contributed by atoms with Crippen LogP contribution in [0.3, 0.4) is 0 Å². The van der Waals surface area contributed by atoms with Gasteiger partial charge in [-0.3, -0.25) is 0 Å². The quantitative estimate of drug-likeness (QED) is 0.613. The Morgan fingerprint density at radius 1 is 1.50 bits per heavy atom. The first kappa shape index (κ1) is 7.29. The van der Waals surface area contributed by atoms with Crippen molar-refractivity contribution in [2.75, 3.05) is 7.11 Å². The van der Waals surface area contributed by atoms with Gasteiger partial charge in [-0.2, -0.15) is 0 Å². The van der Waals surface area contributed by atoms with E-state index in [9.17, 15) is 0 Å². The van der Waals surface area contributed by atoms with E-state index < -0.39 is 0 Å². The van der Waals surface area contributed by atoms with Crippen LogP contribution in [-0.4, -0.2) is 7.11 Å². The van der Waals surface area contributed by atoms with E-state index in [-0.39, 0.29) is 0 Å². The third-order valence-electron chi connectivity index (χ3n) is 1.27. The van der Waals surface area contributed by atoms with E-state index in [2.05, 4.69) is 6.07 Å². The van der Waals surface area contributed by atoms with Gasteiger partial charge in [0.05, 0.1) is 6.61 Å². The fraction of sp³-hybridized carbons (Fsp3) is 0.222. The van der Waals surface area contributed by atoms with Crippen LogP contribution in [-0.2, 0) is 11.2 Å². The predicted molar refractivity (Wildman–Crippen MR) is 40.3 cm³/mol. The molecule has 1 aromatic rings. The van der Waals surface area contributed by atoms with Crippen LogP contribution in [0.2, 0.25) is 0 Å². The van der Waals surface area contributed by atoms with Crippen LogP contribution in [0.1, 0.15) is 5.56 Å². The molecule has 0 aliphatic heterocycles. The summed E-state index contributed by atoms with van der Waals surface area (Å²) in [5.41, 5.74) is 1.25. The van der Waals surface area contributed by atoms with Crippen LogP contribution < -0.4 is 0 Å². The van der Waals surface area contributed by atoms with Gasteiger partial charge in [-0.05, 0) is 11.6 Å². The lowest BCUT2D eigenvalue weighted by Gasteiger charge is -1.96. The largest absolute Gasteiger partial charge is 0.378 e. The molecule has 0 aromatic heterocycles. The summed E-state index contributed by atoms with van der Waals surface area (Å²) in [6.07, 6.45) is 0.866. The lowest BCUT2D eigenvalue weighted by Crippen LogP contribution is -1.86. The van der Waals surface area contributed by atoms with Crippen molar-refractivity contribution in [2.24, 2.45) is 0 Å². The monoisotopic (exact) mass is 134 g/mol. The SMILES string of the molecule is CO[CH]Cc1cc[c]cc1. The fourth-order valence-electron chi connectivity index (χ4n) is 0.737. The Labute approximate surface area is 61.6 Å². The second kappa shape index (κ2) is 4.07. The highest BCUT2D eigenvalue weighted by Gasteiger charge is 1.88. The Morgan fingerprint density at radius 3 is 2.80 bits per heavy atom. The van der Waals surface area contributed by atoms with Crippen molar-refractivity contribution >= 4 is 0 Å². The minimum Gasteiger partial charge on any atom is -0.378 e. The normalized spacial score (nSPS) is 9.70. The van der Waals surface area contributed by atoms with Crippen molar-refractivity contribution in [3.8, 4) is 0 Å². The van der Waals surface area contributed by atoms with E-state index in [0.717, 1.165) is 6.42 Å². The summed E-state index contributed by atoms with van der Waals surface area (Å²) in [4.78, 5) is 0. The highest BCUT2D eigenvalue weighted by molar-refractivity contribution is 5.14. The third kappa shape index (κ3) is 2.19. The zero-order valence-corrected chi connectivity index (χ0v) is 6.00. The molecule has 10 heavy (non-hydrogen) atoms. The van der Waals surface area contributed by atoms with Crippen LogP contribution in [0.5, 0.6) is 0 Å².